The van der Waals surface area contributed by atoms with Gasteiger partial charge in [-0.1, -0.05) is 6.58 Å². The van der Waals surface area contributed by atoms with Crippen molar-refractivity contribution in [3.63, 3.8) is 0 Å². The molecule has 1 aromatic rings. The van der Waals surface area contributed by atoms with Gasteiger partial charge >= 0.3 is 5.97 Å². The molecule has 0 amide bonds. The summed E-state index contributed by atoms with van der Waals surface area (Å²) in [5.74, 6) is -0.344. The minimum absolute atomic E-state index is 0.223. The number of hydrogen-bond donors (Lipinski definition) is 0. The molecule has 4 heteroatoms. The summed E-state index contributed by atoms with van der Waals surface area (Å²) in [6, 6.07) is 7.23. The van der Waals surface area contributed by atoms with Crippen molar-refractivity contribution in [1.82, 2.24) is 0 Å². The van der Waals surface area contributed by atoms with Crippen molar-refractivity contribution >= 4 is 11.7 Å². The van der Waals surface area contributed by atoms with Gasteiger partial charge in [0.25, 0.3) is 0 Å². The summed E-state index contributed by atoms with van der Waals surface area (Å²) in [4.78, 5) is 13.5. The van der Waals surface area contributed by atoms with E-state index >= 15 is 0 Å². The quantitative estimate of drug-likeness (QED) is 0.430. The van der Waals surface area contributed by atoms with E-state index in [0.29, 0.717) is 12.2 Å². The summed E-state index contributed by atoms with van der Waals surface area (Å²) in [5, 5.41) is 0. The molecule has 0 aliphatic carbocycles. The lowest BCUT2D eigenvalue weighted by molar-refractivity contribution is 0.0421. The van der Waals surface area contributed by atoms with E-state index in [2.05, 4.69) is 6.58 Å². The van der Waals surface area contributed by atoms with Crippen molar-refractivity contribution in [3.8, 4) is 0 Å². The van der Waals surface area contributed by atoms with Crippen LogP contribution in [0.15, 0.2) is 37.1 Å². The first-order valence-electron chi connectivity index (χ1n) is 5.32. The average Bonchev–Trinajstić information content (AvgIpc) is 2.34. The largest absolute Gasteiger partial charge is 0.498 e. The molecule has 0 aromatic heterocycles. The maximum atomic E-state index is 11.6. The van der Waals surface area contributed by atoms with Crippen LogP contribution >= 0.6 is 0 Å². The van der Waals surface area contributed by atoms with Crippen LogP contribution in [0, 0.1) is 0 Å². The van der Waals surface area contributed by atoms with E-state index in [1.165, 1.54) is 6.26 Å². The highest BCUT2D eigenvalue weighted by Gasteiger charge is 2.06. The molecule has 0 aliphatic heterocycles. The number of esters is 1. The first-order valence-corrected chi connectivity index (χ1v) is 5.32. The first-order chi connectivity index (χ1) is 8.15. The lowest BCUT2D eigenvalue weighted by atomic mass is 10.2. The second-order valence-electron chi connectivity index (χ2n) is 3.61. The van der Waals surface area contributed by atoms with Crippen LogP contribution in [0.5, 0.6) is 0 Å². The van der Waals surface area contributed by atoms with Crippen molar-refractivity contribution in [3.05, 3.63) is 42.7 Å². The maximum Gasteiger partial charge on any atom is 0.338 e. The van der Waals surface area contributed by atoms with Crippen LogP contribution in [-0.2, 0) is 9.47 Å². The summed E-state index contributed by atoms with van der Waals surface area (Å²) in [6.07, 6.45) is 1.32. The Balaban J connectivity index is 2.49. The Bertz CT molecular complexity index is 371. The molecule has 0 unspecified atom stereocenters. The number of hydrogen-bond acceptors (Lipinski definition) is 4. The highest BCUT2D eigenvalue weighted by atomic mass is 16.6. The molecule has 4 nitrogen and oxygen atoms in total. The first kappa shape index (κ1) is 13.1. The van der Waals surface area contributed by atoms with E-state index in [1.807, 2.05) is 31.1 Å². The van der Waals surface area contributed by atoms with E-state index in [4.69, 9.17) is 9.47 Å². The van der Waals surface area contributed by atoms with E-state index in [0.717, 1.165) is 5.69 Å². The number of carbonyl (C=O) groups is 1. The highest BCUT2D eigenvalue weighted by Crippen LogP contribution is 2.12. The molecule has 0 saturated heterocycles. The van der Waals surface area contributed by atoms with Gasteiger partial charge in [0.1, 0.15) is 13.2 Å². The number of ether oxygens (including phenoxy) is 2. The van der Waals surface area contributed by atoms with Crippen LogP contribution in [0.1, 0.15) is 10.4 Å². The number of carbonyl (C=O) groups excluding carboxylic acids is 1. The molecule has 0 N–H and O–H groups in total. The summed E-state index contributed by atoms with van der Waals surface area (Å²) < 4.78 is 9.86. The summed E-state index contributed by atoms with van der Waals surface area (Å²) in [7, 11) is 3.89. The predicted octanol–water partition coefficient (Wildman–Crippen LogP) is 2.07. The number of anilines is 1. The van der Waals surface area contributed by atoms with E-state index < -0.39 is 0 Å². The summed E-state index contributed by atoms with van der Waals surface area (Å²) >= 11 is 0. The fourth-order valence-corrected chi connectivity index (χ4v) is 1.24. The third-order valence-corrected chi connectivity index (χ3v) is 2.17. The zero-order chi connectivity index (χ0) is 12.7. The molecule has 1 aromatic carbocycles. The van der Waals surface area contributed by atoms with Crippen molar-refractivity contribution < 1.29 is 14.3 Å². The van der Waals surface area contributed by atoms with Gasteiger partial charge in [-0.25, -0.2) is 4.79 Å². The topological polar surface area (TPSA) is 38.8 Å². The van der Waals surface area contributed by atoms with Gasteiger partial charge in [0.2, 0.25) is 0 Å². The van der Waals surface area contributed by atoms with Crippen molar-refractivity contribution in [1.29, 1.82) is 0 Å². The lowest BCUT2D eigenvalue weighted by Crippen LogP contribution is -2.11. The summed E-state index contributed by atoms with van der Waals surface area (Å²) in [5.41, 5.74) is 1.57. The molecule has 92 valence electrons. The van der Waals surface area contributed by atoms with Crippen molar-refractivity contribution in [2.24, 2.45) is 0 Å². The summed E-state index contributed by atoms with van der Waals surface area (Å²) in [6.45, 7) is 3.94. The lowest BCUT2D eigenvalue weighted by Gasteiger charge is -2.12. The zero-order valence-corrected chi connectivity index (χ0v) is 10.2. The normalized spacial score (nSPS) is 9.53. The molecular weight excluding hydrogens is 218 g/mol. The van der Waals surface area contributed by atoms with Crippen LogP contribution in [0.25, 0.3) is 0 Å². The molecule has 0 spiro atoms. The molecule has 0 aliphatic rings. The molecule has 0 heterocycles. The maximum absolute atomic E-state index is 11.6. The molecule has 0 atom stereocenters. The van der Waals surface area contributed by atoms with Gasteiger partial charge in [-0.3, -0.25) is 0 Å². The van der Waals surface area contributed by atoms with Crippen LogP contribution in [0.4, 0.5) is 5.69 Å². The van der Waals surface area contributed by atoms with Crippen LogP contribution in [0.2, 0.25) is 0 Å². The molecule has 17 heavy (non-hydrogen) atoms. The van der Waals surface area contributed by atoms with Gasteiger partial charge in [0.15, 0.2) is 0 Å². The Morgan fingerprint density at radius 1 is 1.29 bits per heavy atom. The minimum Gasteiger partial charge on any atom is -0.498 e. The third-order valence-electron chi connectivity index (χ3n) is 2.17. The molecule has 0 bridgehead atoms. The van der Waals surface area contributed by atoms with Crippen molar-refractivity contribution in [2.75, 3.05) is 32.2 Å². The van der Waals surface area contributed by atoms with Gasteiger partial charge in [-0.05, 0) is 24.3 Å². The number of benzene rings is 1. The standard InChI is InChI=1S/C13H17NO3/c1-4-16-9-10-17-13(15)11-5-7-12(8-6-11)14(2)3/h4-8H,1,9-10H2,2-3H3. The van der Waals surface area contributed by atoms with Crippen molar-refractivity contribution in [2.45, 2.75) is 0 Å². The Labute approximate surface area is 101 Å². The highest BCUT2D eigenvalue weighted by molar-refractivity contribution is 5.89. The molecule has 0 radical (unpaired) electrons. The Morgan fingerprint density at radius 2 is 1.94 bits per heavy atom. The molecular formula is C13H17NO3. The second kappa shape index (κ2) is 6.58. The van der Waals surface area contributed by atoms with Gasteiger partial charge in [0.05, 0.1) is 11.8 Å². The number of nitrogens with zero attached hydrogens (tertiary/aromatic N) is 1. The monoisotopic (exact) mass is 235 g/mol. The fraction of sp³-hybridized carbons (Fsp3) is 0.308. The van der Waals surface area contributed by atoms with Gasteiger partial charge < -0.3 is 14.4 Å². The molecule has 0 fully saturated rings. The Hall–Kier alpha value is -1.97. The van der Waals surface area contributed by atoms with Gasteiger partial charge in [0, 0.05) is 19.8 Å². The van der Waals surface area contributed by atoms with Crippen LogP contribution in [0.3, 0.4) is 0 Å². The second-order valence-corrected chi connectivity index (χ2v) is 3.61. The van der Waals surface area contributed by atoms with Crippen LogP contribution < -0.4 is 4.90 Å². The van der Waals surface area contributed by atoms with Crippen LogP contribution in [-0.4, -0.2) is 33.3 Å². The van der Waals surface area contributed by atoms with E-state index in [-0.39, 0.29) is 12.6 Å². The number of rotatable bonds is 6. The third kappa shape index (κ3) is 4.18. The zero-order valence-electron chi connectivity index (χ0n) is 10.2. The van der Waals surface area contributed by atoms with Gasteiger partial charge in [-0.15, -0.1) is 0 Å². The molecule has 0 saturated carbocycles. The fourth-order valence-electron chi connectivity index (χ4n) is 1.24. The van der Waals surface area contributed by atoms with E-state index in [1.54, 1.807) is 12.1 Å². The van der Waals surface area contributed by atoms with E-state index in [9.17, 15) is 4.79 Å². The molecule has 1 rings (SSSR count). The Morgan fingerprint density at radius 3 is 2.47 bits per heavy atom. The Kier molecular flexibility index (Phi) is 5.07. The average molecular weight is 235 g/mol. The van der Waals surface area contributed by atoms with Gasteiger partial charge in [-0.2, -0.15) is 0 Å². The predicted molar refractivity (Wildman–Crippen MR) is 67.2 cm³/mol. The minimum atomic E-state index is -0.344. The smallest absolute Gasteiger partial charge is 0.338 e. The SMILES string of the molecule is C=COCCOC(=O)c1ccc(N(C)C)cc1.